The van der Waals surface area contributed by atoms with Crippen LogP contribution in [0.1, 0.15) is 48.9 Å². The fourth-order valence-corrected chi connectivity index (χ4v) is 2.95. The Balaban J connectivity index is 1.66. The maximum Gasteiger partial charge on any atom is 0.251 e. The highest BCUT2D eigenvalue weighted by Gasteiger charge is 2.14. The molecule has 18 heavy (non-hydrogen) atoms. The Labute approximate surface area is 123 Å². The number of halogens is 1. The van der Waals surface area contributed by atoms with Crippen molar-refractivity contribution in [1.82, 2.24) is 5.32 Å². The highest BCUT2D eigenvalue weighted by atomic mass is 127. The van der Waals surface area contributed by atoms with Crippen LogP contribution >= 0.6 is 22.6 Å². The molecule has 0 unspecified atom stereocenters. The van der Waals surface area contributed by atoms with Crippen molar-refractivity contribution in [3.8, 4) is 0 Å². The van der Waals surface area contributed by atoms with E-state index in [9.17, 15) is 4.79 Å². The molecule has 0 spiro atoms. The molecular formula is C15H20INO. The van der Waals surface area contributed by atoms with Gasteiger partial charge in [-0.15, -0.1) is 0 Å². The molecule has 1 aliphatic rings. The van der Waals surface area contributed by atoms with Gasteiger partial charge in [0.25, 0.3) is 5.91 Å². The van der Waals surface area contributed by atoms with E-state index in [0.29, 0.717) is 0 Å². The van der Waals surface area contributed by atoms with Crippen molar-refractivity contribution in [3.05, 3.63) is 33.4 Å². The third-order valence-corrected chi connectivity index (χ3v) is 4.38. The lowest BCUT2D eigenvalue weighted by molar-refractivity contribution is 0.0952. The molecule has 0 aromatic heterocycles. The standard InChI is InChI=1S/C15H20INO/c16-14-9-7-13(8-10-14)15(18)17-11-3-6-12-4-1-2-5-12/h7-10,12H,1-6,11H2,(H,17,18). The number of carbonyl (C=O) groups excluding carboxylic acids is 1. The maximum atomic E-state index is 11.8. The Morgan fingerprint density at radius 1 is 1.22 bits per heavy atom. The molecule has 1 saturated carbocycles. The van der Waals surface area contributed by atoms with Crippen LogP contribution in [0.2, 0.25) is 0 Å². The Morgan fingerprint density at radius 2 is 1.89 bits per heavy atom. The van der Waals surface area contributed by atoms with Gasteiger partial charge in [0.2, 0.25) is 0 Å². The summed E-state index contributed by atoms with van der Waals surface area (Å²) in [6.45, 7) is 0.807. The minimum Gasteiger partial charge on any atom is -0.352 e. The summed E-state index contributed by atoms with van der Waals surface area (Å²) in [5.41, 5.74) is 0.760. The first-order valence-electron chi connectivity index (χ1n) is 6.79. The lowest BCUT2D eigenvalue weighted by Crippen LogP contribution is -2.24. The van der Waals surface area contributed by atoms with Crippen LogP contribution in [0.15, 0.2) is 24.3 Å². The van der Waals surface area contributed by atoms with Gasteiger partial charge in [0, 0.05) is 15.7 Å². The van der Waals surface area contributed by atoms with E-state index >= 15 is 0 Å². The molecule has 0 heterocycles. The summed E-state index contributed by atoms with van der Waals surface area (Å²) >= 11 is 2.24. The van der Waals surface area contributed by atoms with Gasteiger partial charge in [-0.05, 0) is 65.6 Å². The van der Waals surface area contributed by atoms with Crippen molar-refractivity contribution in [2.24, 2.45) is 5.92 Å². The molecule has 1 aromatic rings. The van der Waals surface area contributed by atoms with E-state index in [1.165, 1.54) is 32.1 Å². The zero-order valence-corrected chi connectivity index (χ0v) is 12.8. The summed E-state index contributed by atoms with van der Waals surface area (Å²) in [6, 6.07) is 7.70. The van der Waals surface area contributed by atoms with Crippen molar-refractivity contribution in [2.75, 3.05) is 6.54 Å². The van der Waals surface area contributed by atoms with Crippen molar-refractivity contribution in [1.29, 1.82) is 0 Å². The van der Waals surface area contributed by atoms with Crippen LogP contribution in [0.4, 0.5) is 0 Å². The Hall–Kier alpha value is -0.580. The first-order valence-corrected chi connectivity index (χ1v) is 7.87. The van der Waals surface area contributed by atoms with Crippen LogP contribution in [0.3, 0.4) is 0 Å². The third-order valence-electron chi connectivity index (χ3n) is 3.66. The van der Waals surface area contributed by atoms with E-state index in [4.69, 9.17) is 0 Å². The van der Waals surface area contributed by atoms with Crippen LogP contribution in [-0.4, -0.2) is 12.5 Å². The van der Waals surface area contributed by atoms with Crippen LogP contribution in [0.25, 0.3) is 0 Å². The summed E-state index contributed by atoms with van der Waals surface area (Å²) in [4.78, 5) is 11.8. The lowest BCUT2D eigenvalue weighted by atomic mass is 10.0. The third kappa shape index (κ3) is 4.26. The molecule has 1 N–H and O–H groups in total. The minimum absolute atomic E-state index is 0.0535. The number of rotatable bonds is 5. The molecule has 1 aromatic carbocycles. The van der Waals surface area contributed by atoms with E-state index in [1.54, 1.807) is 0 Å². The van der Waals surface area contributed by atoms with E-state index in [-0.39, 0.29) is 5.91 Å². The fraction of sp³-hybridized carbons (Fsp3) is 0.533. The SMILES string of the molecule is O=C(NCCCC1CCCC1)c1ccc(I)cc1. The van der Waals surface area contributed by atoms with Gasteiger partial charge in [0.15, 0.2) is 0 Å². The predicted octanol–water partition coefficient (Wildman–Crippen LogP) is 3.99. The smallest absolute Gasteiger partial charge is 0.251 e. The van der Waals surface area contributed by atoms with Crippen LogP contribution in [0, 0.1) is 9.49 Å². The first kappa shape index (κ1) is 13.8. The molecule has 0 saturated heterocycles. The van der Waals surface area contributed by atoms with Gasteiger partial charge in [0.1, 0.15) is 0 Å². The van der Waals surface area contributed by atoms with Crippen molar-refractivity contribution < 1.29 is 4.79 Å². The summed E-state index contributed by atoms with van der Waals surface area (Å²) in [7, 11) is 0. The molecule has 3 heteroatoms. The number of amides is 1. The van der Waals surface area contributed by atoms with Crippen LogP contribution < -0.4 is 5.32 Å². The van der Waals surface area contributed by atoms with Gasteiger partial charge in [-0.3, -0.25) is 4.79 Å². The molecule has 2 nitrogen and oxygen atoms in total. The van der Waals surface area contributed by atoms with E-state index < -0.39 is 0 Å². The van der Waals surface area contributed by atoms with E-state index in [0.717, 1.165) is 28.0 Å². The monoisotopic (exact) mass is 357 g/mol. The predicted molar refractivity (Wildman–Crippen MR) is 82.7 cm³/mol. The summed E-state index contributed by atoms with van der Waals surface area (Å²) in [6.07, 6.45) is 7.98. The highest BCUT2D eigenvalue weighted by Crippen LogP contribution is 2.28. The average Bonchev–Trinajstić information content (AvgIpc) is 2.88. The molecular weight excluding hydrogens is 337 g/mol. The number of carbonyl (C=O) groups is 1. The number of benzene rings is 1. The minimum atomic E-state index is 0.0535. The topological polar surface area (TPSA) is 29.1 Å². The lowest BCUT2D eigenvalue weighted by Gasteiger charge is -2.09. The molecule has 98 valence electrons. The van der Waals surface area contributed by atoms with Crippen molar-refractivity contribution in [2.45, 2.75) is 38.5 Å². The van der Waals surface area contributed by atoms with Gasteiger partial charge in [-0.2, -0.15) is 0 Å². The first-order chi connectivity index (χ1) is 8.75. The second-order valence-electron chi connectivity index (χ2n) is 5.06. The molecule has 0 atom stereocenters. The number of nitrogens with one attached hydrogen (secondary N) is 1. The number of hydrogen-bond donors (Lipinski definition) is 1. The normalized spacial score (nSPS) is 15.8. The maximum absolute atomic E-state index is 11.8. The largest absolute Gasteiger partial charge is 0.352 e. The van der Waals surface area contributed by atoms with Crippen LogP contribution in [0.5, 0.6) is 0 Å². The zero-order chi connectivity index (χ0) is 12.8. The molecule has 0 aliphatic heterocycles. The highest BCUT2D eigenvalue weighted by molar-refractivity contribution is 14.1. The molecule has 0 radical (unpaired) electrons. The van der Waals surface area contributed by atoms with Gasteiger partial charge in [0.05, 0.1) is 0 Å². The molecule has 1 amide bonds. The summed E-state index contributed by atoms with van der Waals surface area (Å²) in [5.74, 6) is 0.970. The van der Waals surface area contributed by atoms with Gasteiger partial charge < -0.3 is 5.32 Å². The van der Waals surface area contributed by atoms with E-state index in [1.807, 2.05) is 24.3 Å². The quantitative estimate of drug-likeness (QED) is 0.627. The molecule has 1 fully saturated rings. The fourth-order valence-electron chi connectivity index (χ4n) is 2.60. The second-order valence-corrected chi connectivity index (χ2v) is 6.30. The molecule has 0 bridgehead atoms. The number of hydrogen-bond acceptors (Lipinski definition) is 1. The Bertz CT molecular complexity index is 382. The average molecular weight is 357 g/mol. The Kier molecular flexibility index (Phi) is 5.47. The van der Waals surface area contributed by atoms with E-state index in [2.05, 4.69) is 27.9 Å². The van der Waals surface area contributed by atoms with Crippen molar-refractivity contribution in [3.63, 3.8) is 0 Å². The van der Waals surface area contributed by atoms with Crippen LogP contribution in [-0.2, 0) is 0 Å². The van der Waals surface area contributed by atoms with Gasteiger partial charge in [-0.1, -0.05) is 25.7 Å². The van der Waals surface area contributed by atoms with Gasteiger partial charge >= 0.3 is 0 Å². The molecule has 2 rings (SSSR count). The van der Waals surface area contributed by atoms with Gasteiger partial charge in [-0.25, -0.2) is 0 Å². The summed E-state index contributed by atoms with van der Waals surface area (Å²) in [5, 5.41) is 3.00. The second kappa shape index (κ2) is 7.12. The Morgan fingerprint density at radius 3 is 2.56 bits per heavy atom. The summed E-state index contributed by atoms with van der Waals surface area (Å²) < 4.78 is 1.16. The molecule has 1 aliphatic carbocycles. The zero-order valence-electron chi connectivity index (χ0n) is 10.6. The van der Waals surface area contributed by atoms with Crippen molar-refractivity contribution >= 4 is 28.5 Å².